The standard InChI is InChI=1S/C26H20O2/c1-27-26(22-15-9-4-10-16-22)23-19-25(21-13-7-3-8-14-21)28-24(23)18-17-20-11-5-2-6-12-20/h2-16,19,26H,1H3. The van der Waals surface area contributed by atoms with E-state index in [0.717, 1.165) is 28.0 Å². The van der Waals surface area contributed by atoms with Gasteiger partial charge in [-0.25, -0.2) is 0 Å². The van der Waals surface area contributed by atoms with Crippen molar-refractivity contribution in [1.29, 1.82) is 0 Å². The van der Waals surface area contributed by atoms with Crippen molar-refractivity contribution in [2.75, 3.05) is 7.11 Å². The maximum atomic E-state index is 6.17. The van der Waals surface area contributed by atoms with Crippen LogP contribution < -0.4 is 0 Å². The zero-order chi connectivity index (χ0) is 19.2. The summed E-state index contributed by atoms with van der Waals surface area (Å²) in [7, 11) is 1.71. The van der Waals surface area contributed by atoms with E-state index in [0.29, 0.717) is 5.76 Å². The Balaban J connectivity index is 1.81. The van der Waals surface area contributed by atoms with E-state index in [9.17, 15) is 0 Å². The summed E-state index contributed by atoms with van der Waals surface area (Å²) in [6.45, 7) is 0. The van der Waals surface area contributed by atoms with Gasteiger partial charge in [-0.05, 0) is 29.7 Å². The SMILES string of the molecule is COC(c1ccccc1)c1cc(-c2ccccc2)oc1C#Cc1ccccc1. The molecule has 0 radical (unpaired) electrons. The molecule has 0 saturated heterocycles. The highest BCUT2D eigenvalue weighted by Gasteiger charge is 2.21. The monoisotopic (exact) mass is 364 g/mol. The fraction of sp³-hybridized carbons (Fsp3) is 0.0769. The Morgan fingerprint density at radius 3 is 2.00 bits per heavy atom. The average molecular weight is 364 g/mol. The van der Waals surface area contributed by atoms with E-state index >= 15 is 0 Å². The van der Waals surface area contributed by atoms with E-state index in [4.69, 9.17) is 9.15 Å². The van der Waals surface area contributed by atoms with Crippen LogP contribution >= 0.6 is 0 Å². The zero-order valence-corrected chi connectivity index (χ0v) is 15.6. The molecule has 0 N–H and O–H groups in total. The second-order valence-corrected chi connectivity index (χ2v) is 6.40. The van der Waals surface area contributed by atoms with E-state index in [1.807, 2.05) is 84.9 Å². The topological polar surface area (TPSA) is 22.4 Å². The third-order valence-electron chi connectivity index (χ3n) is 4.53. The van der Waals surface area contributed by atoms with Gasteiger partial charge in [0.15, 0.2) is 5.76 Å². The van der Waals surface area contributed by atoms with E-state index in [1.165, 1.54) is 0 Å². The van der Waals surface area contributed by atoms with Crippen LogP contribution in [0.25, 0.3) is 11.3 Å². The maximum absolute atomic E-state index is 6.17. The predicted octanol–water partition coefficient (Wildman–Crippen LogP) is 6.08. The van der Waals surface area contributed by atoms with Crippen molar-refractivity contribution >= 4 is 0 Å². The Labute approximate surface area is 165 Å². The van der Waals surface area contributed by atoms with Gasteiger partial charge in [0.2, 0.25) is 0 Å². The fourth-order valence-electron chi connectivity index (χ4n) is 3.16. The molecule has 136 valence electrons. The molecule has 0 aliphatic rings. The minimum atomic E-state index is -0.248. The summed E-state index contributed by atoms with van der Waals surface area (Å²) in [4.78, 5) is 0. The molecule has 0 aliphatic carbocycles. The van der Waals surface area contributed by atoms with E-state index in [-0.39, 0.29) is 6.10 Å². The van der Waals surface area contributed by atoms with Crippen molar-refractivity contribution in [3.05, 3.63) is 120 Å². The van der Waals surface area contributed by atoms with Crippen LogP contribution in [0.4, 0.5) is 0 Å². The van der Waals surface area contributed by atoms with E-state index < -0.39 is 0 Å². The number of furan rings is 1. The normalized spacial score (nSPS) is 11.5. The summed E-state index contributed by atoms with van der Waals surface area (Å²) >= 11 is 0. The minimum absolute atomic E-state index is 0.248. The number of hydrogen-bond acceptors (Lipinski definition) is 2. The first-order chi connectivity index (χ1) is 13.8. The van der Waals surface area contributed by atoms with Crippen LogP contribution in [0.3, 0.4) is 0 Å². The Morgan fingerprint density at radius 1 is 0.750 bits per heavy atom. The average Bonchev–Trinajstić information content (AvgIpc) is 3.19. The predicted molar refractivity (Wildman–Crippen MR) is 112 cm³/mol. The molecule has 2 nitrogen and oxygen atoms in total. The van der Waals surface area contributed by atoms with Crippen molar-refractivity contribution in [2.45, 2.75) is 6.10 Å². The quantitative estimate of drug-likeness (QED) is 0.409. The van der Waals surface area contributed by atoms with Gasteiger partial charge in [-0.3, -0.25) is 0 Å². The summed E-state index contributed by atoms with van der Waals surface area (Å²) in [6, 6.07) is 32.1. The van der Waals surface area contributed by atoms with Crippen molar-refractivity contribution in [3.8, 4) is 23.2 Å². The van der Waals surface area contributed by atoms with Gasteiger partial charge in [-0.15, -0.1) is 0 Å². The summed E-state index contributed by atoms with van der Waals surface area (Å²) in [6.07, 6.45) is -0.248. The van der Waals surface area contributed by atoms with Gasteiger partial charge < -0.3 is 9.15 Å². The second kappa shape index (κ2) is 8.43. The van der Waals surface area contributed by atoms with Gasteiger partial charge in [0, 0.05) is 23.8 Å². The van der Waals surface area contributed by atoms with Crippen LogP contribution in [0.15, 0.2) is 101 Å². The Bertz CT molecular complexity index is 1080. The van der Waals surface area contributed by atoms with Gasteiger partial charge in [-0.1, -0.05) is 84.8 Å². The Morgan fingerprint density at radius 2 is 1.36 bits per heavy atom. The summed E-state index contributed by atoms with van der Waals surface area (Å²) in [5.74, 6) is 7.81. The molecule has 28 heavy (non-hydrogen) atoms. The van der Waals surface area contributed by atoms with Crippen LogP contribution in [0.1, 0.15) is 28.6 Å². The summed E-state index contributed by atoms with van der Waals surface area (Å²) in [5.41, 5.74) is 3.95. The molecular formula is C26H20O2. The second-order valence-electron chi connectivity index (χ2n) is 6.40. The largest absolute Gasteiger partial charge is 0.447 e. The molecule has 0 aliphatic heterocycles. The van der Waals surface area contributed by atoms with Gasteiger partial charge in [0.1, 0.15) is 11.9 Å². The molecule has 0 amide bonds. The van der Waals surface area contributed by atoms with Crippen molar-refractivity contribution in [1.82, 2.24) is 0 Å². The number of rotatable bonds is 4. The van der Waals surface area contributed by atoms with E-state index in [1.54, 1.807) is 7.11 Å². The highest BCUT2D eigenvalue weighted by atomic mass is 16.5. The minimum Gasteiger partial charge on any atom is -0.447 e. The molecule has 0 bridgehead atoms. The Kier molecular flexibility index (Phi) is 5.38. The molecule has 0 fully saturated rings. The lowest BCUT2D eigenvalue weighted by Crippen LogP contribution is -2.03. The third kappa shape index (κ3) is 3.91. The molecule has 2 heteroatoms. The highest BCUT2D eigenvalue weighted by molar-refractivity contribution is 5.61. The van der Waals surface area contributed by atoms with Crippen LogP contribution in [0, 0.1) is 11.8 Å². The van der Waals surface area contributed by atoms with Crippen LogP contribution in [-0.2, 0) is 4.74 Å². The van der Waals surface area contributed by atoms with Crippen molar-refractivity contribution in [2.24, 2.45) is 0 Å². The first-order valence-electron chi connectivity index (χ1n) is 9.19. The lowest BCUT2D eigenvalue weighted by molar-refractivity contribution is 0.135. The molecule has 1 aromatic heterocycles. The Hall–Kier alpha value is -3.54. The van der Waals surface area contributed by atoms with Gasteiger partial charge in [0.05, 0.1) is 0 Å². The molecule has 1 heterocycles. The number of methoxy groups -OCH3 is 1. The van der Waals surface area contributed by atoms with Crippen LogP contribution in [0.2, 0.25) is 0 Å². The van der Waals surface area contributed by atoms with Crippen molar-refractivity contribution in [3.63, 3.8) is 0 Å². The highest BCUT2D eigenvalue weighted by Crippen LogP contribution is 2.34. The summed E-state index contributed by atoms with van der Waals surface area (Å²) < 4.78 is 12.0. The first-order valence-corrected chi connectivity index (χ1v) is 9.19. The molecule has 4 rings (SSSR count). The number of ether oxygens (including phenoxy) is 1. The number of benzene rings is 3. The smallest absolute Gasteiger partial charge is 0.184 e. The molecule has 0 saturated carbocycles. The molecule has 1 unspecified atom stereocenters. The van der Waals surface area contributed by atoms with Crippen LogP contribution in [0.5, 0.6) is 0 Å². The fourth-order valence-corrected chi connectivity index (χ4v) is 3.16. The molecular weight excluding hydrogens is 344 g/mol. The molecule has 1 atom stereocenters. The van der Waals surface area contributed by atoms with Gasteiger partial charge >= 0.3 is 0 Å². The van der Waals surface area contributed by atoms with E-state index in [2.05, 4.69) is 24.0 Å². The molecule has 3 aromatic carbocycles. The lowest BCUT2D eigenvalue weighted by atomic mass is 10.0. The summed E-state index contributed by atoms with van der Waals surface area (Å²) in [5, 5.41) is 0. The van der Waals surface area contributed by atoms with Crippen molar-refractivity contribution < 1.29 is 9.15 Å². The van der Waals surface area contributed by atoms with Crippen LogP contribution in [-0.4, -0.2) is 7.11 Å². The van der Waals surface area contributed by atoms with Gasteiger partial charge in [0.25, 0.3) is 0 Å². The molecule has 0 spiro atoms. The zero-order valence-electron chi connectivity index (χ0n) is 15.6. The van der Waals surface area contributed by atoms with Gasteiger partial charge in [-0.2, -0.15) is 0 Å². The number of hydrogen-bond donors (Lipinski definition) is 0. The maximum Gasteiger partial charge on any atom is 0.184 e. The third-order valence-corrected chi connectivity index (χ3v) is 4.53. The molecule has 4 aromatic rings. The lowest BCUT2D eigenvalue weighted by Gasteiger charge is -2.14. The first kappa shape index (κ1) is 17.9.